The highest BCUT2D eigenvalue weighted by Crippen LogP contribution is 2.47. The maximum absolute atomic E-state index is 14.2. The second-order valence-electron chi connectivity index (χ2n) is 6.71. The normalized spacial score (nSPS) is 16.0. The van der Waals surface area contributed by atoms with Crippen molar-refractivity contribution in [1.82, 2.24) is 10.6 Å². The van der Waals surface area contributed by atoms with Crippen LogP contribution in [0, 0.1) is 0 Å². The van der Waals surface area contributed by atoms with Gasteiger partial charge in [-0.1, -0.05) is 12.1 Å². The maximum Gasteiger partial charge on any atom is 0.402 e. The average molecular weight is 388 g/mol. The summed E-state index contributed by atoms with van der Waals surface area (Å²) in [6.07, 6.45) is -4.80. The van der Waals surface area contributed by atoms with Crippen LogP contribution in [-0.4, -0.2) is 29.8 Å². The van der Waals surface area contributed by atoms with Gasteiger partial charge in [0.15, 0.2) is 0 Å². The fraction of sp³-hybridized carbons (Fsp3) is 0.158. The van der Waals surface area contributed by atoms with Crippen molar-refractivity contribution in [3.8, 4) is 0 Å². The average Bonchev–Trinajstić information content (AvgIpc) is 3.08. The van der Waals surface area contributed by atoms with Crippen molar-refractivity contribution in [3.05, 3.63) is 69.8 Å². The van der Waals surface area contributed by atoms with Gasteiger partial charge in [-0.15, -0.1) is 0 Å². The lowest BCUT2D eigenvalue weighted by atomic mass is 9.74. The Hall–Kier alpha value is -3.49. The van der Waals surface area contributed by atoms with E-state index in [1.54, 1.807) is 0 Å². The number of rotatable bonds is 2. The van der Waals surface area contributed by atoms with Gasteiger partial charge < -0.3 is 0 Å². The van der Waals surface area contributed by atoms with Gasteiger partial charge in [0.05, 0.1) is 22.3 Å². The predicted octanol–water partition coefficient (Wildman–Crippen LogP) is 2.32. The van der Waals surface area contributed by atoms with Crippen LogP contribution in [0.2, 0.25) is 0 Å². The summed E-state index contributed by atoms with van der Waals surface area (Å²) in [6, 6.07) is 6.64. The Morgan fingerprint density at radius 1 is 0.643 bits per heavy atom. The molecule has 28 heavy (non-hydrogen) atoms. The monoisotopic (exact) mass is 388 g/mol. The zero-order chi connectivity index (χ0) is 20.4. The molecule has 9 heteroatoms. The first-order chi connectivity index (χ1) is 13.0. The molecular weight excluding hydrogens is 377 g/mol. The Balaban J connectivity index is 1.93. The summed E-state index contributed by atoms with van der Waals surface area (Å²) < 4.78 is 42.6. The first kappa shape index (κ1) is 17.9. The minimum Gasteiger partial charge on any atom is -0.288 e. The molecule has 2 aliphatic heterocycles. The molecule has 0 bridgehead atoms. The molecule has 0 aromatic heterocycles. The quantitative estimate of drug-likeness (QED) is 0.773. The van der Waals surface area contributed by atoms with Crippen molar-refractivity contribution in [3.63, 3.8) is 0 Å². The molecule has 0 spiro atoms. The lowest BCUT2D eigenvalue weighted by Crippen LogP contribution is -2.41. The number of nitrogens with one attached hydrogen (secondary N) is 2. The molecule has 0 aliphatic carbocycles. The number of carbonyl (C=O) groups is 4. The number of fused-ring (bicyclic) bond motifs is 2. The molecule has 2 aliphatic rings. The van der Waals surface area contributed by atoms with Gasteiger partial charge in [-0.05, 0) is 42.3 Å². The van der Waals surface area contributed by atoms with Crippen LogP contribution in [0.3, 0.4) is 0 Å². The summed E-state index contributed by atoms with van der Waals surface area (Å²) in [5.74, 6) is -2.89. The molecule has 4 rings (SSSR count). The first-order valence-electron chi connectivity index (χ1n) is 8.11. The second kappa shape index (κ2) is 5.51. The van der Waals surface area contributed by atoms with E-state index in [1.807, 2.05) is 10.6 Å². The SMILES string of the molecule is CC(c1ccc2c(c1)C(=O)NC2=O)(c1ccc2c(c1)C(=O)NC2=O)C(F)(F)F. The number of alkyl halides is 3. The van der Waals surface area contributed by atoms with E-state index in [9.17, 15) is 32.3 Å². The Labute approximate surface area is 155 Å². The van der Waals surface area contributed by atoms with Gasteiger partial charge >= 0.3 is 6.18 Å². The van der Waals surface area contributed by atoms with Crippen LogP contribution in [0.4, 0.5) is 13.2 Å². The van der Waals surface area contributed by atoms with Crippen molar-refractivity contribution in [1.29, 1.82) is 0 Å². The summed E-state index contributed by atoms with van der Waals surface area (Å²) in [4.78, 5) is 47.1. The van der Waals surface area contributed by atoms with Crippen molar-refractivity contribution < 1.29 is 32.3 Å². The van der Waals surface area contributed by atoms with Gasteiger partial charge in [0, 0.05) is 0 Å². The largest absolute Gasteiger partial charge is 0.402 e. The molecule has 0 radical (unpaired) electrons. The third-order valence-corrected chi connectivity index (χ3v) is 5.19. The molecule has 0 saturated carbocycles. The number of amides is 4. The van der Waals surface area contributed by atoms with Crippen molar-refractivity contribution in [2.45, 2.75) is 18.5 Å². The molecule has 2 aromatic carbocycles. The van der Waals surface area contributed by atoms with Gasteiger partial charge in [-0.25, -0.2) is 0 Å². The van der Waals surface area contributed by atoms with Crippen LogP contribution in [-0.2, 0) is 5.41 Å². The minimum atomic E-state index is -4.80. The topological polar surface area (TPSA) is 92.3 Å². The number of benzene rings is 2. The number of hydrogen-bond acceptors (Lipinski definition) is 4. The van der Waals surface area contributed by atoms with E-state index in [0.717, 1.165) is 31.2 Å². The zero-order valence-electron chi connectivity index (χ0n) is 14.2. The molecular formula is C19H11F3N2O4. The van der Waals surface area contributed by atoms with E-state index in [2.05, 4.69) is 0 Å². The third-order valence-electron chi connectivity index (χ3n) is 5.19. The molecule has 2 aromatic rings. The number of carbonyl (C=O) groups excluding carboxylic acids is 4. The van der Waals surface area contributed by atoms with Crippen LogP contribution < -0.4 is 10.6 Å². The second-order valence-corrected chi connectivity index (χ2v) is 6.71. The van der Waals surface area contributed by atoms with E-state index < -0.39 is 35.2 Å². The summed E-state index contributed by atoms with van der Waals surface area (Å²) in [5.41, 5.74) is -3.43. The Morgan fingerprint density at radius 3 is 1.36 bits per heavy atom. The van der Waals surface area contributed by atoms with Crippen molar-refractivity contribution >= 4 is 23.6 Å². The zero-order valence-corrected chi connectivity index (χ0v) is 14.2. The van der Waals surface area contributed by atoms with Crippen molar-refractivity contribution in [2.24, 2.45) is 0 Å². The van der Waals surface area contributed by atoms with Crippen molar-refractivity contribution in [2.75, 3.05) is 0 Å². The standard InChI is InChI=1S/C19H11F3N2O4/c1-18(19(20,21)22,8-2-4-10-12(6-8)16(27)23-14(10)25)9-3-5-11-13(7-9)17(28)24-15(11)26/h2-7H,1H3,(H,23,25,27)(H,24,26,28). The van der Waals surface area contributed by atoms with E-state index in [1.165, 1.54) is 12.1 Å². The Bertz CT molecular complexity index is 1030. The van der Waals surface area contributed by atoms with Gasteiger partial charge in [-0.3, -0.25) is 29.8 Å². The molecule has 2 heterocycles. The number of imide groups is 2. The Morgan fingerprint density at radius 2 is 1.00 bits per heavy atom. The van der Waals surface area contributed by atoms with Gasteiger partial charge in [0.25, 0.3) is 23.6 Å². The molecule has 6 nitrogen and oxygen atoms in total. The fourth-order valence-corrected chi connectivity index (χ4v) is 3.45. The Kier molecular flexibility index (Phi) is 3.52. The highest BCUT2D eigenvalue weighted by atomic mass is 19.4. The smallest absolute Gasteiger partial charge is 0.288 e. The molecule has 2 N–H and O–H groups in total. The summed E-state index contributed by atoms with van der Waals surface area (Å²) in [5, 5.41) is 4.07. The van der Waals surface area contributed by atoms with E-state index >= 15 is 0 Å². The van der Waals surface area contributed by atoms with E-state index in [0.29, 0.717) is 0 Å². The van der Waals surface area contributed by atoms with E-state index in [-0.39, 0.29) is 33.4 Å². The molecule has 0 unspecified atom stereocenters. The summed E-state index contributed by atoms with van der Waals surface area (Å²) >= 11 is 0. The maximum atomic E-state index is 14.2. The first-order valence-corrected chi connectivity index (χ1v) is 8.11. The minimum absolute atomic E-state index is 0.00259. The molecule has 4 amide bonds. The van der Waals surface area contributed by atoms with Crippen LogP contribution in [0.5, 0.6) is 0 Å². The van der Waals surface area contributed by atoms with Gasteiger partial charge in [0.2, 0.25) is 0 Å². The number of halogens is 3. The lowest BCUT2D eigenvalue weighted by Gasteiger charge is -2.33. The summed E-state index contributed by atoms with van der Waals surface area (Å²) in [6.45, 7) is 0.916. The fourth-order valence-electron chi connectivity index (χ4n) is 3.45. The predicted molar refractivity (Wildman–Crippen MR) is 89.0 cm³/mol. The molecule has 0 fully saturated rings. The lowest BCUT2D eigenvalue weighted by molar-refractivity contribution is -0.173. The van der Waals surface area contributed by atoms with Crippen LogP contribution in [0.15, 0.2) is 36.4 Å². The molecule has 0 saturated heterocycles. The van der Waals surface area contributed by atoms with Gasteiger partial charge in [-0.2, -0.15) is 13.2 Å². The van der Waals surface area contributed by atoms with Crippen LogP contribution in [0.1, 0.15) is 59.5 Å². The van der Waals surface area contributed by atoms with Gasteiger partial charge in [0.1, 0.15) is 5.41 Å². The van der Waals surface area contributed by atoms with E-state index in [4.69, 9.17) is 0 Å². The molecule has 0 atom stereocenters. The highest BCUT2D eigenvalue weighted by molar-refractivity contribution is 6.22. The third kappa shape index (κ3) is 2.29. The number of hydrogen-bond donors (Lipinski definition) is 2. The van der Waals surface area contributed by atoms with Crippen LogP contribution in [0.25, 0.3) is 0 Å². The molecule has 142 valence electrons. The van der Waals surface area contributed by atoms with Crippen LogP contribution >= 0.6 is 0 Å². The summed E-state index contributed by atoms with van der Waals surface area (Å²) in [7, 11) is 0. The highest BCUT2D eigenvalue weighted by Gasteiger charge is 2.54.